The molecule has 3 aliphatic heterocycles. The topological polar surface area (TPSA) is 48.0 Å². The number of hydrogen-bond acceptors (Lipinski definition) is 6. The second kappa shape index (κ2) is 8.67. The van der Waals surface area contributed by atoms with E-state index >= 15 is 0 Å². The zero-order chi connectivity index (χ0) is 21.4. The van der Waals surface area contributed by atoms with Crippen molar-refractivity contribution < 1.29 is 23.4 Å². The molecule has 3 saturated heterocycles. The van der Waals surface area contributed by atoms with Crippen molar-refractivity contribution in [3.8, 4) is 5.75 Å². The second-order valence-corrected chi connectivity index (χ2v) is 11.0. The van der Waals surface area contributed by atoms with Gasteiger partial charge in [0.2, 0.25) is 0 Å². The number of esters is 1. The normalized spacial score (nSPS) is 29.2. The van der Waals surface area contributed by atoms with Crippen LogP contribution in [0.15, 0.2) is 18.2 Å². The molecule has 3 unspecified atom stereocenters. The van der Waals surface area contributed by atoms with Crippen molar-refractivity contribution in [2.24, 2.45) is 5.41 Å². The lowest BCUT2D eigenvalue weighted by atomic mass is 9.68. The molecular weight excluding hydrogens is 405 g/mol. The lowest BCUT2D eigenvalue weighted by Gasteiger charge is -2.47. The Hall–Kier alpha value is -1.31. The molecule has 30 heavy (non-hydrogen) atoms. The van der Waals surface area contributed by atoms with Gasteiger partial charge in [0.15, 0.2) is 11.6 Å². The highest BCUT2D eigenvalue weighted by molar-refractivity contribution is 8.01. The predicted octanol–water partition coefficient (Wildman–Crippen LogP) is 4.15. The fourth-order valence-electron chi connectivity index (χ4n) is 4.80. The van der Waals surface area contributed by atoms with Gasteiger partial charge < -0.3 is 14.2 Å². The largest absolute Gasteiger partial charge is 0.482 e. The number of benzene rings is 1. The van der Waals surface area contributed by atoms with E-state index in [0.29, 0.717) is 42.4 Å². The summed E-state index contributed by atoms with van der Waals surface area (Å²) in [5.41, 5.74) is -0.241. The summed E-state index contributed by atoms with van der Waals surface area (Å²) in [5.74, 6) is -0.725. The van der Waals surface area contributed by atoms with Gasteiger partial charge in [0.05, 0.1) is 18.8 Å². The molecule has 166 valence electrons. The molecule has 0 aromatic heterocycles. The van der Waals surface area contributed by atoms with E-state index in [9.17, 15) is 9.18 Å². The minimum atomic E-state index is -0.444. The Morgan fingerprint density at radius 1 is 1.30 bits per heavy atom. The van der Waals surface area contributed by atoms with Crippen molar-refractivity contribution >= 4 is 17.7 Å². The van der Waals surface area contributed by atoms with Crippen LogP contribution in [0.4, 0.5) is 4.39 Å². The summed E-state index contributed by atoms with van der Waals surface area (Å²) in [6, 6.07) is 4.29. The number of rotatable bonds is 6. The molecule has 0 amide bonds. The van der Waals surface area contributed by atoms with Crippen LogP contribution in [0.2, 0.25) is 0 Å². The van der Waals surface area contributed by atoms with Gasteiger partial charge in [0.1, 0.15) is 12.2 Å². The van der Waals surface area contributed by atoms with Crippen molar-refractivity contribution in [3.63, 3.8) is 0 Å². The Kier molecular flexibility index (Phi) is 6.33. The number of carbonyl (C=O) groups is 1. The van der Waals surface area contributed by atoms with E-state index in [2.05, 4.69) is 25.7 Å². The standard InChI is InChI=1S/C23H32FNO4S/c1-22(2,3)23(15-17-5-7-20(23)30-17)29-19-14-16(4-6-18(19)24)21(26)28-13-10-25-8-11-27-12-9-25/h4,6,14,17,20H,5,7-13,15H2,1-3H3. The van der Waals surface area contributed by atoms with Crippen molar-refractivity contribution in [2.45, 2.75) is 56.1 Å². The Labute approximate surface area is 182 Å². The van der Waals surface area contributed by atoms with Crippen LogP contribution in [0.25, 0.3) is 0 Å². The quantitative estimate of drug-likeness (QED) is 0.624. The molecule has 0 spiro atoms. The highest BCUT2D eigenvalue weighted by atomic mass is 32.2. The summed E-state index contributed by atoms with van der Waals surface area (Å²) < 4.78 is 31.9. The monoisotopic (exact) mass is 437 g/mol. The van der Waals surface area contributed by atoms with Crippen LogP contribution in [-0.2, 0) is 9.47 Å². The third-order valence-electron chi connectivity index (χ3n) is 6.63. The molecule has 0 aliphatic carbocycles. The lowest BCUT2D eigenvalue weighted by molar-refractivity contribution is -0.0475. The molecule has 5 nitrogen and oxygen atoms in total. The van der Waals surface area contributed by atoms with Gasteiger partial charge in [-0.05, 0) is 31.0 Å². The number of fused-ring (bicyclic) bond motifs is 2. The molecule has 4 rings (SSSR count). The van der Waals surface area contributed by atoms with E-state index in [1.807, 2.05) is 11.8 Å². The van der Waals surface area contributed by atoms with Crippen molar-refractivity contribution in [1.82, 2.24) is 4.90 Å². The Bertz CT molecular complexity index is 777. The molecule has 1 aromatic carbocycles. The van der Waals surface area contributed by atoms with E-state index < -0.39 is 17.4 Å². The average Bonchev–Trinajstić information content (AvgIpc) is 3.32. The molecular formula is C23H32FNO4S. The summed E-state index contributed by atoms with van der Waals surface area (Å²) in [6.45, 7) is 10.6. The molecule has 0 N–H and O–H groups in total. The summed E-state index contributed by atoms with van der Waals surface area (Å²) in [7, 11) is 0. The van der Waals surface area contributed by atoms with E-state index in [-0.39, 0.29) is 11.2 Å². The van der Waals surface area contributed by atoms with Gasteiger partial charge in [0, 0.05) is 42.0 Å². The fourth-order valence-corrected chi connectivity index (χ4v) is 6.87. The maximum Gasteiger partial charge on any atom is 0.338 e. The fraction of sp³-hybridized carbons (Fsp3) is 0.696. The first-order valence-electron chi connectivity index (χ1n) is 10.9. The molecule has 7 heteroatoms. The summed E-state index contributed by atoms with van der Waals surface area (Å²) in [6.07, 6.45) is 3.21. The van der Waals surface area contributed by atoms with E-state index in [0.717, 1.165) is 25.9 Å². The molecule has 0 radical (unpaired) electrons. The zero-order valence-corrected chi connectivity index (χ0v) is 18.9. The lowest BCUT2D eigenvalue weighted by Crippen LogP contribution is -2.54. The number of carbonyl (C=O) groups excluding carboxylic acids is 1. The maximum atomic E-state index is 14.7. The first-order valence-corrected chi connectivity index (χ1v) is 11.8. The third-order valence-corrected chi connectivity index (χ3v) is 8.36. The molecule has 1 aromatic rings. The first-order chi connectivity index (χ1) is 14.3. The van der Waals surface area contributed by atoms with Crippen LogP contribution < -0.4 is 4.74 Å². The number of nitrogens with zero attached hydrogens (tertiary/aromatic N) is 1. The summed E-state index contributed by atoms with van der Waals surface area (Å²) in [4.78, 5) is 14.7. The SMILES string of the molecule is CC(C)(C)C1(Oc2cc(C(=O)OCCN3CCOCC3)ccc2F)CC2CCC1S2. The first kappa shape index (κ1) is 21.9. The Morgan fingerprint density at radius 3 is 2.70 bits per heavy atom. The van der Waals surface area contributed by atoms with Crippen molar-refractivity contribution in [3.05, 3.63) is 29.6 Å². The van der Waals surface area contributed by atoms with Crippen LogP contribution in [-0.4, -0.2) is 66.4 Å². The van der Waals surface area contributed by atoms with E-state index in [1.54, 1.807) is 0 Å². The number of morpholine rings is 1. The van der Waals surface area contributed by atoms with Gasteiger partial charge in [-0.3, -0.25) is 4.90 Å². The molecule has 3 heterocycles. The van der Waals surface area contributed by atoms with Gasteiger partial charge >= 0.3 is 5.97 Å². The van der Waals surface area contributed by atoms with Gasteiger partial charge in [-0.25, -0.2) is 9.18 Å². The van der Waals surface area contributed by atoms with Gasteiger partial charge in [-0.1, -0.05) is 20.8 Å². The Balaban J connectivity index is 1.44. The van der Waals surface area contributed by atoms with Crippen molar-refractivity contribution in [1.29, 1.82) is 0 Å². The molecule has 3 fully saturated rings. The highest BCUT2D eigenvalue weighted by Gasteiger charge is 2.59. The van der Waals surface area contributed by atoms with Crippen LogP contribution >= 0.6 is 11.8 Å². The number of thioether (sulfide) groups is 1. The van der Waals surface area contributed by atoms with E-state index in [4.69, 9.17) is 14.2 Å². The number of hydrogen-bond donors (Lipinski definition) is 0. The predicted molar refractivity (Wildman–Crippen MR) is 116 cm³/mol. The summed E-state index contributed by atoms with van der Waals surface area (Å²) in [5, 5.41) is 0.927. The van der Waals surface area contributed by atoms with Crippen LogP contribution in [0.1, 0.15) is 50.4 Å². The van der Waals surface area contributed by atoms with Crippen molar-refractivity contribution in [2.75, 3.05) is 39.5 Å². The second-order valence-electron chi connectivity index (χ2n) is 9.50. The molecule has 0 saturated carbocycles. The highest BCUT2D eigenvalue weighted by Crippen LogP contribution is 2.59. The smallest absolute Gasteiger partial charge is 0.338 e. The Morgan fingerprint density at radius 2 is 2.07 bits per heavy atom. The van der Waals surface area contributed by atoms with Gasteiger partial charge in [-0.2, -0.15) is 11.8 Å². The minimum Gasteiger partial charge on any atom is -0.482 e. The van der Waals surface area contributed by atoms with E-state index in [1.165, 1.54) is 24.6 Å². The van der Waals surface area contributed by atoms with Crippen LogP contribution in [0, 0.1) is 11.2 Å². The zero-order valence-electron chi connectivity index (χ0n) is 18.1. The summed E-state index contributed by atoms with van der Waals surface area (Å²) >= 11 is 1.97. The van der Waals surface area contributed by atoms with Crippen LogP contribution in [0.5, 0.6) is 5.75 Å². The average molecular weight is 438 g/mol. The van der Waals surface area contributed by atoms with Gasteiger partial charge in [-0.15, -0.1) is 0 Å². The number of ether oxygens (including phenoxy) is 3. The number of halogens is 1. The minimum absolute atomic E-state index is 0.138. The molecule has 2 bridgehead atoms. The van der Waals surface area contributed by atoms with Crippen LogP contribution in [0.3, 0.4) is 0 Å². The van der Waals surface area contributed by atoms with Gasteiger partial charge in [0.25, 0.3) is 0 Å². The maximum absolute atomic E-state index is 14.7. The molecule has 3 atom stereocenters. The third kappa shape index (κ3) is 4.34. The molecule has 3 aliphatic rings.